The van der Waals surface area contributed by atoms with Crippen molar-refractivity contribution in [1.82, 2.24) is 0 Å². The van der Waals surface area contributed by atoms with E-state index in [-0.39, 0.29) is 5.56 Å². The van der Waals surface area contributed by atoms with Crippen molar-refractivity contribution in [3.05, 3.63) is 29.3 Å². The molecule has 0 aliphatic heterocycles. The quantitative estimate of drug-likeness (QED) is 0.774. The molecule has 0 saturated carbocycles. The number of aromatic carboxylic acids is 1. The van der Waals surface area contributed by atoms with Crippen molar-refractivity contribution in [2.75, 3.05) is 21.3 Å². The molecule has 5 nitrogen and oxygen atoms in total. The minimum absolute atomic E-state index is 0.105. The number of carboxylic acids is 1. The van der Waals surface area contributed by atoms with Gasteiger partial charge >= 0.3 is 5.97 Å². The molecule has 88 valence electrons. The zero-order valence-electron chi connectivity index (χ0n) is 9.39. The summed E-state index contributed by atoms with van der Waals surface area (Å²) in [6.45, 7) is 0. The molecule has 1 rings (SSSR count). The highest BCUT2D eigenvalue weighted by atomic mass is 16.7. The monoisotopic (exact) mass is 226 g/mol. The van der Waals surface area contributed by atoms with Crippen LogP contribution in [0.25, 0.3) is 0 Å². The second kappa shape index (κ2) is 5.48. The Bertz CT molecular complexity index is 371. The highest BCUT2D eigenvalue weighted by Crippen LogP contribution is 2.31. The lowest BCUT2D eigenvalue weighted by atomic mass is 10.1. The van der Waals surface area contributed by atoms with E-state index in [1.807, 2.05) is 0 Å². The molecular weight excluding hydrogens is 212 g/mol. The summed E-state index contributed by atoms with van der Waals surface area (Å²) in [4.78, 5) is 11.1. The first-order valence-electron chi connectivity index (χ1n) is 4.61. The SMILES string of the molecule is COc1cccc(C(=O)O)c1C(OC)OC. The first-order chi connectivity index (χ1) is 7.65. The zero-order valence-corrected chi connectivity index (χ0v) is 9.39. The number of carboxylic acid groups (broad SMARTS) is 1. The van der Waals surface area contributed by atoms with Gasteiger partial charge in [0.2, 0.25) is 0 Å². The highest BCUT2D eigenvalue weighted by molar-refractivity contribution is 5.90. The van der Waals surface area contributed by atoms with E-state index in [2.05, 4.69) is 0 Å². The third-order valence-electron chi connectivity index (χ3n) is 2.18. The Morgan fingerprint density at radius 1 is 1.25 bits per heavy atom. The molecule has 0 aromatic heterocycles. The molecule has 0 aliphatic rings. The molecule has 0 saturated heterocycles. The molecule has 16 heavy (non-hydrogen) atoms. The van der Waals surface area contributed by atoms with Gasteiger partial charge in [0.15, 0.2) is 6.29 Å². The topological polar surface area (TPSA) is 65.0 Å². The van der Waals surface area contributed by atoms with Crippen LogP contribution in [0.2, 0.25) is 0 Å². The van der Waals surface area contributed by atoms with Gasteiger partial charge < -0.3 is 19.3 Å². The number of carbonyl (C=O) groups is 1. The fraction of sp³-hybridized carbons (Fsp3) is 0.364. The summed E-state index contributed by atoms with van der Waals surface area (Å²) < 4.78 is 15.2. The van der Waals surface area contributed by atoms with Gasteiger partial charge in [-0.1, -0.05) is 6.07 Å². The first-order valence-corrected chi connectivity index (χ1v) is 4.61. The number of benzene rings is 1. The van der Waals surface area contributed by atoms with E-state index in [0.29, 0.717) is 11.3 Å². The first kappa shape index (κ1) is 12.5. The predicted octanol–water partition coefficient (Wildman–Crippen LogP) is 1.68. The molecule has 1 aromatic carbocycles. The number of ether oxygens (including phenoxy) is 3. The molecule has 0 atom stereocenters. The highest BCUT2D eigenvalue weighted by Gasteiger charge is 2.22. The molecule has 0 aliphatic carbocycles. The van der Waals surface area contributed by atoms with Gasteiger partial charge in [-0.15, -0.1) is 0 Å². The largest absolute Gasteiger partial charge is 0.496 e. The van der Waals surface area contributed by atoms with Crippen molar-refractivity contribution in [3.8, 4) is 5.75 Å². The Labute approximate surface area is 93.6 Å². The fourth-order valence-corrected chi connectivity index (χ4v) is 1.48. The van der Waals surface area contributed by atoms with Crippen molar-refractivity contribution in [1.29, 1.82) is 0 Å². The van der Waals surface area contributed by atoms with Crippen LogP contribution in [0.1, 0.15) is 22.2 Å². The van der Waals surface area contributed by atoms with Crippen LogP contribution in [0.15, 0.2) is 18.2 Å². The van der Waals surface area contributed by atoms with E-state index >= 15 is 0 Å². The molecule has 5 heteroatoms. The molecule has 0 amide bonds. The Hall–Kier alpha value is -1.59. The standard InChI is InChI=1S/C11H14O5/c1-14-8-6-4-5-7(10(12)13)9(8)11(15-2)16-3/h4-6,11H,1-3H3,(H,12,13). The average Bonchev–Trinajstić information content (AvgIpc) is 2.30. The van der Waals surface area contributed by atoms with Crippen molar-refractivity contribution in [2.45, 2.75) is 6.29 Å². The maximum absolute atomic E-state index is 11.1. The number of methoxy groups -OCH3 is 3. The predicted molar refractivity (Wildman–Crippen MR) is 56.7 cm³/mol. The smallest absolute Gasteiger partial charge is 0.336 e. The second-order valence-electron chi connectivity index (χ2n) is 3.03. The van der Waals surface area contributed by atoms with Gasteiger partial charge in [-0.25, -0.2) is 4.79 Å². The van der Waals surface area contributed by atoms with Crippen LogP contribution >= 0.6 is 0 Å². The average molecular weight is 226 g/mol. The Kier molecular flexibility index (Phi) is 4.28. The van der Waals surface area contributed by atoms with E-state index in [1.165, 1.54) is 27.4 Å². The van der Waals surface area contributed by atoms with Crippen LogP contribution in [0.5, 0.6) is 5.75 Å². The molecule has 0 bridgehead atoms. The Balaban J connectivity index is 3.34. The van der Waals surface area contributed by atoms with Gasteiger partial charge in [-0.3, -0.25) is 0 Å². The summed E-state index contributed by atoms with van der Waals surface area (Å²) in [6.07, 6.45) is -0.762. The maximum atomic E-state index is 11.1. The summed E-state index contributed by atoms with van der Waals surface area (Å²) in [6, 6.07) is 4.74. The summed E-state index contributed by atoms with van der Waals surface area (Å²) in [5.74, 6) is -0.624. The summed E-state index contributed by atoms with van der Waals surface area (Å²) in [5, 5.41) is 9.06. The minimum Gasteiger partial charge on any atom is -0.496 e. The lowest BCUT2D eigenvalue weighted by Gasteiger charge is -2.18. The fourth-order valence-electron chi connectivity index (χ4n) is 1.48. The van der Waals surface area contributed by atoms with Crippen LogP contribution in [-0.4, -0.2) is 32.4 Å². The Morgan fingerprint density at radius 3 is 2.31 bits per heavy atom. The van der Waals surface area contributed by atoms with Crippen molar-refractivity contribution < 1.29 is 24.1 Å². The molecule has 0 spiro atoms. The van der Waals surface area contributed by atoms with Crippen molar-refractivity contribution >= 4 is 5.97 Å². The maximum Gasteiger partial charge on any atom is 0.336 e. The number of hydrogen-bond donors (Lipinski definition) is 1. The minimum atomic E-state index is -1.05. The summed E-state index contributed by atoms with van der Waals surface area (Å²) in [7, 11) is 4.34. The van der Waals surface area contributed by atoms with Gasteiger partial charge in [0.25, 0.3) is 0 Å². The summed E-state index contributed by atoms with van der Waals surface area (Å²) >= 11 is 0. The molecular formula is C11H14O5. The summed E-state index contributed by atoms with van der Waals surface area (Å²) in [5.41, 5.74) is 0.482. The molecule has 1 N–H and O–H groups in total. The van der Waals surface area contributed by atoms with E-state index in [0.717, 1.165) is 0 Å². The molecule has 0 fully saturated rings. The van der Waals surface area contributed by atoms with E-state index in [9.17, 15) is 4.79 Å². The Morgan fingerprint density at radius 2 is 1.88 bits per heavy atom. The van der Waals surface area contributed by atoms with Gasteiger partial charge in [-0.2, -0.15) is 0 Å². The molecule has 0 radical (unpaired) electrons. The third kappa shape index (κ3) is 2.32. The second-order valence-corrected chi connectivity index (χ2v) is 3.03. The van der Waals surface area contributed by atoms with Crippen LogP contribution in [0.3, 0.4) is 0 Å². The third-order valence-corrected chi connectivity index (χ3v) is 2.18. The molecule has 1 aromatic rings. The van der Waals surface area contributed by atoms with Crippen LogP contribution in [0, 0.1) is 0 Å². The van der Waals surface area contributed by atoms with Crippen molar-refractivity contribution in [3.63, 3.8) is 0 Å². The van der Waals surface area contributed by atoms with Gasteiger partial charge in [0, 0.05) is 14.2 Å². The van der Waals surface area contributed by atoms with E-state index < -0.39 is 12.3 Å². The zero-order chi connectivity index (χ0) is 12.1. The van der Waals surface area contributed by atoms with Crippen molar-refractivity contribution in [2.24, 2.45) is 0 Å². The van der Waals surface area contributed by atoms with Gasteiger partial charge in [0.05, 0.1) is 18.2 Å². The van der Waals surface area contributed by atoms with E-state index in [1.54, 1.807) is 12.1 Å². The van der Waals surface area contributed by atoms with Gasteiger partial charge in [-0.05, 0) is 12.1 Å². The van der Waals surface area contributed by atoms with Crippen LogP contribution in [0.4, 0.5) is 0 Å². The molecule has 0 heterocycles. The number of hydrogen-bond acceptors (Lipinski definition) is 4. The number of rotatable bonds is 5. The van der Waals surface area contributed by atoms with E-state index in [4.69, 9.17) is 19.3 Å². The molecule has 0 unspecified atom stereocenters. The van der Waals surface area contributed by atoms with Gasteiger partial charge in [0.1, 0.15) is 5.75 Å². The van der Waals surface area contributed by atoms with Crippen LogP contribution < -0.4 is 4.74 Å². The lowest BCUT2D eigenvalue weighted by Crippen LogP contribution is -2.12. The van der Waals surface area contributed by atoms with Crippen LogP contribution in [-0.2, 0) is 9.47 Å². The lowest BCUT2D eigenvalue weighted by molar-refractivity contribution is -0.107. The normalized spacial score (nSPS) is 10.5.